The third-order valence-electron chi connectivity index (χ3n) is 5.05. The quantitative estimate of drug-likeness (QED) is 0.544. The van der Waals surface area contributed by atoms with E-state index in [1.807, 2.05) is 37.3 Å². The average molecular weight is 378 g/mol. The molecule has 1 saturated carbocycles. The Morgan fingerprint density at radius 1 is 1.18 bits per heavy atom. The second-order valence-electron chi connectivity index (χ2n) is 7.04. The van der Waals surface area contributed by atoms with Gasteiger partial charge in [0.1, 0.15) is 5.82 Å². The van der Waals surface area contributed by atoms with E-state index in [1.54, 1.807) is 12.3 Å². The van der Waals surface area contributed by atoms with Gasteiger partial charge >= 0.3 is 6.03 Å². The number of urea groups is 1. The van der Waals surface area contributed by atoms with E-state index >= 15 is 0 Å². The predicted octanol–water partition coefficient (Wildman–Crippen LogP) is 3.58. The maximum atomic E-state index is 12.3. The van der Waals surface area contributed by atoms with Crippen LogP contribution in [0.3, 0.4) is 0 Å². The van der Waals surface area contributed by atoms with Gasteiger partial charge in [-0.05, 0) is 25.3 Å². The van der Waals surface area contributed by atoms with Crippen molar-refractivity contribution in [3.05, 3.63) is 48.2 Å². The summed E-state index contributed by atoms with van der Waals surface area (Å²) in [5, 5.41) is 16.2. The van der Waals surface area contributed by atoms with E-state index in [0.717, 1.165) is 24.8 Å². The lowest BCUT2D eigenvalue weighted by atomic mass is 9.85. The molecule has 0 radical (unpaired) electrons. The van der Waals surface area contributed by atoms with E-state index < -0.39 is 0 Å². The Balaban J connectivity index is 1.40. The second-order valence-corrected chi connectivity index (χ2v) is 7.04. The molecule has 1 aliphatic rings. The highest BCUT2D eigenvalue weighted by Gasteiger charge is 2.26. The lowest BCUT2D eigenvalue weighted by Gasteiger charge is -2.23. The van der Waals surface area contributed by atoms with Crippen LogP contribution in [0.2, 0.25) is 0 Å². The van der Waals surface area contributed by atoms with Crippen LogP contribution in [0.15, 0.2) is 42.6 Å². The number of fused-ring (bicyclic) bond motifs is 1. The Labute approximate surface area is 162 Å². The minimum Gasteiger partial charge on any atom is -0.331 e. The molecule has 1 aromatic carbocycles. The highest BCUT2D eigenvalue weighted by Crippen LogP contribution is 2.29. The normalized spacial score (nSPS) is 14.9. The van der Waals surface area contributed by atoms with Crippen LogP contribution in [-0.4, -0.2) is 27.1 Å². The Kier molecular flexibility index (Phi) is 4.92. The third kappa shape index (κ3) is 3.80. The molecule has 8 heteroatoms. The van der Waals surface area contributed by atoms with Crippen LogP contribution in [0.5, 0.6) is 0 Å². The van der Waals surface area contributed by atoms with Crippen LogP contribution in [0.25, 0.3) is 10.9 Å². The molecule has 1 fully saturated rings. The lowest BCUT2D eigenvalue weighted by molar-refractivity contribution is -0.122. The van der Waals surface area contributed by atoms with Gasteiger partial charge in [-0.3, -0.25) is 15.2 Å². The van der Waals surface area contributed by atoms with Crippen LogP contribution < -0.4 is 16.0 Å². The Bertz CT molecular complexity index is 996. The van der Waals surface area contributed by atoms with Gasteiger partial charge in [-0.1, -0.05) is 36.8 Å². The first kappa shape index (κ1) is 18.0. The third-order valence-corrected chi connectivity index (χ3v) is 5.05. The molecule has 8 nitrogen and oxygen atoms in total. The van der Waals surface area contributed by atoms with Crippen molar-refractivity contribution < 1.29 is 9.59 Å². The summed E-state index contributed by atoms with van der Waals surface area (Å²) in [7, 11) is 0. The zero-order chi connectivity index (χ0) is 19.5. The number of hydrogen-bond donors (Lipinski definition) is 4. The molecule has 0 unspecified atom stereocenters. The number of rotatable bonds is 5. The number of aromatic nitrogens is 3. The number of carbonyl (C=O) groups excluding carboxylic acids is 2. The molecule has 1 atom stereocenters. The molecule has 0 saturated heterocycles. The molecule has 3 aromatic rings. The van der Waals surface area contributed by atoms with Crippen molar-refractivity contribution in [2.45, 2.75) is 32.2 Å². The summed E-state index contributed by atoms with van der Waals surface area (Å²) in [6.07, 6.45) is 4.54. The molecule has 0 bridgehead atoms. The number of hydrogen-bond acceptors (Lipinski definition) is 4. The van der Waals surface area contributed by atoms with E-state index in [4.69, 9.17) is 0 Å². The number of H-pyrrole nitrogens is 1. The highest BCUT2D eigenvalue weighted by molar-refractivity contribution is 6.01. The average Bonchev–Trinajstić information content (AvgIpc) is 3.03. The number of anilines is 2. The summed E-state index contributed by atoms with van der Waals surface area (Å²) in [5.74, 6) is 0.936. The predicted molar refractivity (Wildman–Crippen MR) is 107 cm³/mol. The molecule has 4 rings (SSSR count). The van der Waals surface area contributed by atoms with Crippen molar-refractivity contribution in [3.8, 4) is 0 Å². The van der Waals surface area contributed by atoms with Gasteiger partial charge in [-0.15, -0.1) is 0 Å². The highest BCUT2D eigenvalue weighted by atomic mass is 16.2. The number of pyridine rings is 1. The smallest absolute Gasteiger partial charge is 0.320 e. The fourth-order valence-electron chi connectivity index (χ4n) is 3.14. The number of carbonyl (C=O) groups is 2. The SMILES string of the molecule is C[C@@H](NC(=O)Nc1cc2[nH]nc(NC(=O)C3CCC3)c2cn1)c1ccccc1. The van der Waals surface area contributed by atoms with E-state index in [0.29, 0.717) is 22.5 Å². The van der Waals surface area contributed by atoms with Gasteiger partial charge in [0.2, 0.25) is 5.91 Å². The fraction of sp³-hybridized carbons (Fsp3) is 0.300. The molecule has 0 aliphatic heterocycles. The molecule has 144 valence electrons. The molecule has 1 aliphatic carbocycles. The van der Waals surface area contributed by atoms with E-state index in [2.05, 4.69) is 31.1 Å². The molecular weight excluding hydrogens is 356 g/mol. The van der Waals surface area contributed by atoms with Crippen molar-refractivity contribution >= 4 is 34.5 Å². The van der Waals surface area contributed by atoms with Gasteiger partial charge < -0.3 is 10.6 Å². The summed E-state index contributed by atoms with van der Waals surface area (Å²) < 4.78 is 0. The minimum atomic E-state index is -0.346. The van der Waals surface area contributed by atoms with Crippen molar-refractivity contribution in [1.29, 1.82) is 0 Å². The van der Waals surface area contributed by atoms with Crippen LogP contribution in [-0.2, 0) is 4.79 Å². The molecule has 4 N–H and O–H groups in total. The maximum Gasteiger partial charge on any atom is 0.320 e. The van der Waals surface area contributed by atoms with Crippen LogP contribution >= 0.6 is 0 Å². The Hall–Kier alpha value is -3.42. The molecule has 28 heavy (non-hydrogen) atoms. The Morgan fingerprint density at radius 2 is 1.96 bits per heavy atom. The van der Waals surface area contributed by atoms with Gasteiger partial charge in [0.15, 0.2) is 5.82 Å². The summed E-state index contributed by atoms with van der Waals surface area (Å²) in [6.45, 7) is 1.91. The largest absolute Gasteiger partial charge is 0.331 e. The zero-order valence-electron chi connectivity index (χ0n) is 15.5. The van der Waals surface area contributed by atoms with Crippen molar-refractivity contribution in [3.63, 3.8) is 0 Å². The van der Waals surface area contributed by atoms with Gasteiger partial charge in [0.05, 0.1) is 16.9 Å². The van der Waals surface area contributed by atoms with Gasteiger partial charge in [0, 0.05) is 18.2 Å². The first-order chi connectivity index (χ1) is 13.6. The van der Waals surface area contributed by atoms with Crippen LogP contribution in [0, 0.1) is 5.92 Å². The molecule has 3 amide bonds. The zero-order valence-corrected chi connectivity index (χ0v) is 15.5. The van der Waals surface area contributed by atoms with E-state index in [9.17, 15) is 9.59 Å². The number of nitrogens with one attached hydrogen (secondary N) is 4. The number of aromatic amines is 1. The van der Waals surface area contributed by atoms with Crippen LogP contribution in [0.4, 0.5) is 16.4 Å². The first-order valence-electron chi connectivity index (χ1n) is 9.37. The summed E-state index contributed by atoms with van der Waals surface area (Å²) in [4.78, 5) is 28.6. The molecule has 0 spiro atoms. The van der Waals surface area contributed by atoms with Crippen molar-refractivity contribution in [1.82, 2.24) is 20.5 Å². The van der Waals surface area contributed by atoms with Crippen LogP contribution in [0.1, 0.15) is 37.8 Å². The summed E-state index contributed by atoms with van der Waals surface area (Å²) >= 11 is 0. The molecular formula is C20H22N6O2. The topological polar surface area (TPSA) is 112 Å². The van der Waals surface area contributed by atoms with Crippen molar-refractivity contribution in [2.75, 3.05) is 10.6 Å². The molecule has 2 aromatic heterocycles. The number of nitrogens with zero attached hydrogens (tertiary/aromatic N) is 2. The lowest BCUT2D eigenvalue weighted by Crippen LogP contribution is -2.31. The van der Waals surface area contributed by atoms with Gasteiger partial charge in [-0.2, -0.15) is 5.10 Å². The van der Waals surface area contributed by atoms with Gasteiger partial charge in [0.25, 0.3) is 0 Å². The first-order valence-corrected chi connectivity index (χ1v) is 9.37. The summed E-state index contributed by atoms with van der Waals surface area (Å²) in [6, 6.07) is 10.9. The van der Waals surface area contributed by atoms with E-state index in [1.165, 1.54) is 0 Å². The second kappa shape index (κ2) is 7.67. The standard InChI is InChI=1S/C20H22N6O2/c1-12(13-6-3-2-4-7-13)22-20(28)23-17-10-16-15(11-21-17)18(26-25-16)24-19(27)14-8-5-9-14/h2-4,6-7,10-12,14H,5,8-9H2,1H3,(H2,21,22,23,28)(H2,24,25,26,27)/t12-/m1/s1. The molecule has 2 heterocycles. The fourth-order valence-corrected chi connectivity index (χ4v) is 3.14. The summed E-state index contributed by atoms with van der Waals surface area (Å²) in [5.41, 5.74) is 1.70. The number of benzene rings is 1. The monoisotopic (exact) mass is 378 g/mol. The van der Waals surface area contributed by atoms with Crippen molar-refractivity contribution in [2.24, 2.45) is 5.92 Å². The maximum absolute atomic E-state index is 12.3. The Morgan fingerprint density at radius 3 is 2.68 bits per heavy atom. The minimum absolute atomic E-state index is 0.00358. The van der Waals surface area contributed by atoms with E-state index in [-0.39, 0.29) is 23.9 Å². The van der Waals surface area contributed by atoms with Gasteiger partial charge in [-0.25, -0.2) is 9.78 Å². The number of amides is 3.